The lowest BCUT2D eigenvalue weighted by Crippen LogP contribution is -2.34. The maximum absolute atomic E-state index is 11.5. The second kappa shape index (κ2) is 4.53. The molecular formula is C13H24N2O3. The van der Waals surface area contributed by atoms with E-state index in [9.17, 15) is 4.79 Å². The Morgan fingerprint density at radius 3 is 2.28 bits per heavy atom. The molecule has 1 rings (SSSR count). The van der Waals surface area contributed by atoms with Crippen molar-refractivity contribution in [2.45, 2.75) is 71.7 Å². The van der Waals surface area contributed by atoms with Crippen LogP contribution >= 0.6 is 0 Å². The van der Waals surface area contributed by atoms with E-state index in [-0.39, 0.29) is 5.60 Å². The summed E-state index contributed by atoms with van der Waals surface area (Å²) in [7, 11) is 0. The van der Waals surface area contributed by atoms with Crippen molar-refractivity contribution in [1.29, 1.82) is 0 Å². The first kappa shape index (κ1) is 15.0. The summed E-state index contributed by atoms with van der Waals surface area (Å²) in [6.45, 7) is 13.3. The molecule has 1 heterocycles. The fourth-order valence-electron chi connectivity index (χ4n) is 1.99. The molecule has 5 nitrogen and oxygen atoms in total. The minimum atomic E-state index is -0.546. The van der Waals surface area contributed by atoms with E-state index in [1.807, 2.05) is 48.5 Å². The van der Waals surface area contributed by atoms with Gasteiger partial charge < -0.3 is 9.47 Å². The fourth-order valence-corrected chi connectivity index (χ4v) is 1.99. The van der Waals surface area contributed by atoms with E-state index in [2.05, 4.69) is 10.5 Å². The van der Waals surface area contributed by atoms with Crippen LogP contribution in [0.2, 0.25) is 0 Å². The third-order valence-electron chi connectivity index (χ3n) is 2.50. The molecule has 5 heteroatoms. The summed E-state index contributed by atoms with van der Waals surface area (Å²) in [6.07, 6.45) is 0.144. The summed E-state index contributed by atoms with van der Waals surface area (Å²) in [5.41, 5.74) is 2.00. The summed E-state index contributed by atoms with van der Waals surface area (Å²) < 4.78 is 11.0. The molecule has 0 aromatic carbocycles. The highest BCUT2D eigenvalue weighted by atomic mass is 16.6. The SMILES string of the molecule is CC(C)(C)OC(=O)NN=C1CC(C)(C)OC1(C)C. The maximum Gasteiger partial charge on any atom is 0.428 e. The highest BCUT2D eigenvalue weighted by molar-refractivity contribution is 5.94. The van der Waals surface area contributed by atoms with Gasteiger partial charge in [0.2, 0.25) is 0 Å². The Bertz CT molecular complexity index is 365. The minimum Gasteiger partial charge on any atom is -0.443 e. The monoisotopic (exact) mass is 256 g/mol. The van der Waals surface area contributed by atoms with E-state index in [4.69, 9.17) is 9.47 Å². The van der Waals surface area contributed by atoms with Gasteiger partial charge in [-0.25, -0.2) is 10.2 Å². The van der Waals surface area contributed by atoms with E-state index in [1.54, 1.807) is 0 Å². The van der Waals surface area contributed by atoms with Crippen LogP contribution in [-0.4, -0.2) is 28.6 Å². The van der Waals surface area contributed by atoms with Crippen LogP contribution < -0.4 is 5.43 Å². The first-order valence-corrected chi connectivity index (χ1v) is 6.17. The predicted octanol–water partition coefficient (Wildman–Crippen LogP) is 2.84. The number of ether oxygens (including phenoxy) is 2. The second-order valence-corrected chi connectivity index (χ2v) is 6.72. The zero-order valence-electron chi connectivity index (χ0n) is 12.4. The summed E-state index contributed by atoms with van der Waals surface area (Å²) in [5.74, 6) is 0. The molecule has 0 atom stereocenters. The van der Waals surface area contributed by atoms with Crippen LogP contribution in [0.4, 0.5) is 4.79 Å². The minimum absolute atomic E-state index is 0.252. The van der Waals surface area contributed by atoms with Gasteiger partial charge in [-0.3, -0.25) is 0 Å². The zero-order valence-corrected chi connectivity index (χ0v) is 12.4. The molecule has 0 aromatic heterocycles. The average molecular weight is 256 g/mol. The number of rotatable bonds is 1. The third-order valence-corrected chi connectivity index (χ3v) is 2.50. The molecule has 104 valence electrons. The van der Waals surface area contributed by atoms with Gasteiger partial charge in [0, 0.05) is 6.42 Å². The van der Waals surface area contributed by atoms with Crippen LogP contribution in [0, 0.1) is 0 Å². The Kier molecular flexibility index (Phi) is 3.77. The van der Waals surface area contributed by atoms with Crippen LogP contribution in [-0.2, 0) is 9.47 Å². The Labute approximate surface area is 109 Å². The van der Waals surface area contributed by atoms with Crippen molar-refractivity contribution >= 4 is 11.8 Å². The predicted molar refractivity (Wildman–Crippen MR) is 70.7 cm³/mol. The van der Waals surface area contributed by atoms with E-state index < -0.39 is 17.3 Å². The molecule has 0 aromatic rings. The fraction of sp³-hybridized carbons (Fsp3) is 0.846. The third kappa shape index (κ3) is 4.29. The molecule has 0 radical (unpaired) electrons. The Balaban J connectivity index is 2.66. The van der Waals surface area contributed by atoms with Gasteiger partial charge in [0.1, 0.15) is 11.2 Å². The van der Waals surface area contributed by atoms with Crippen molar-refractivity contribution in [2.75, 3.05) is 0 Å². The molecule has 0 saturated carbocycles. The number of nitrogens with one attached hydrogen (secondary N) is 1. The molecule has 1 N–H and O–H groups in total. The van der Waals surface area contributed by atoms with Crippen molar-refractivity contribution < 1.29 is 14.3 Å². The Morgan fingerprint density at radius 1 is 1.33 bits per heavy atom. The zero-order chi connectivity index (χ0) is 14.2. The summed E-state index contributed by atoms with van der Waals surface area (Å²) in [4.78, 5) is 11.5. The van der Waals surface area contributed by atoms with Gasteiger partial charge in [-0.05, 0) is 48.5 Å². The molecule has 18 heavy (non-hydrogen) atoms. The number of carbonyl (C=O) groups is 1. The number of hydrogen-bond donors (Lipinski definition) is 1. The molecule has 1 fully saturated rings. The maximum atomic E-state index is 11.5. The van der Waals surface area contributed by atoms with Gasteiger partial charge >= 0.3 is 6.09 Å². The van der Waals surface area contributed by atoms with Crippen LogP contribution in [0.3, 0.4) is 0 Å². The molecule has 1 aliphatic rings. The van der Waals surface area contributed by atoms with Crippen LogP contribution in [0.5, 0.6) is 0 Å². The number of amides is 1. The van der Waals surface area contributed by atoms with E-state index in [0.717, 1.165) is 5.71 Å². The summed E-state index contributed by atoms with van der Waals surface area (Å²) in [6, 6.07) is 0. The first-order valence-electron chi connectivity index (χ1n) is 6.17. The van der Waals surface area contributed by atoms with E-state index in [0.29, 0.717) is 6.42 Å². The van der Waals surface area contributed by atoms with Crippen LogP contribution in [0.15, 0.2) is 5.10 Å². The highest BCUT2D eigenvalue weighted by Gasteiger charge is 2.43. The molecule has 1 saturated heterocycles. The topological polar surface area (TPSA) is 59.9 Å². The van der Waals surface area contributed by atoms with Gasteiger partial charge in [-0.15, -0.1) is 0 Å². The Morgan fingerprint density at radius 2 is 1.89 bits per heavy atom. The van der Waals surface area contributed by atoms with Crippen molar-refractivity contribution in [2.24, 2.45) is 5.10 Å². The van der Waals surface area contributed by atoms with Crippen molar-refractivity contribution in [3.05, 3.63) is 0 Å². The molecule has 1 amide bonds. The second-order valence-electron chi connectivity index (χ2n) is 6.72. The lowest BCUT2D eigenvalue weighted by atomic mass is 9.98. The van der Waals surface area contributed by atoms with Gasteiger partial charge in [0.05, 0.1) is 11.3 Å². The lowest BCUT2D eigenvalue weighted by Gasteiger charge is -2.23. The standard InChI is InChI=1S/C13H24N2O3/c1-11(2,3)17-10(16)15-14-9-8-12(4,5)18-13(9,6)7/h8H2,1-7H3,(H,15,16). The van der Waals surface area contributed by atoms with E-state index >= 15 is 0 Å². The first-order chi connectivity index (χ1) is 7.91. The van der Waals surface area contributed by atoms with Crippen molar-refractivity contribution in [3.63, 3.8) is 0 Å². The number of nitrogens with zero attached hydrogens (tertiary/aromatic N) is 1. The molecular weight excluding hydrogens is 232 g/mol. The van der Waals surface area contributed by atoms with Crippen LogP contribution in [0.1, 0.15) is 54.9 Å². The molecule has 0 aliphatic carbocycles. The Hall–Kier alpha value is -1.10. The van der Waals surface area contributed by atoms with Crippen LogP contribution in [0.25, 0.3) is 0 Å². The van der Waals surface area contributed by atoms with Crippen molar-refractivity contribution in [1.82, 2.24) is 5.43 Å². The van der Waals surface area contributed by atoms with Gasteiger partial charge in [0.25, 0.3) is 0 Å². The highest BCUT2D eigenvalue weighted by Crippen LogP contribution is 2.34. The van der Waals surface area contributed by atoms with E-state index in [1.165, 1.54) is 0 Å². The van der Waals surface area contributed by atoms with Gasteiger partial charge in [-0.2, -0.15) is 5.10 Å². The number of hydrazone groups is 1. The normalized spacial score (nSPS) is 24.1. The summed E-state index contributed by atoms with van der Waals surface area (Å²) >= 11 is 0. The summed E-state index contributed by atoms with van der Waals surface area (Å²) in [5, 5.41) is 4.12. The molecule has 0 unspecified atom stereocenters. The average Bonchev–Trinajstić information content (AvgIpc) is 2.27. The quantitative estimate of drug-likeness (QED) is 0.734. The molecule has 0 spiro atoms. The number of hydrogen-bond acceptors (Lipinski definition) is 4. The molecule has 1 aliphatic heterocycles. The van der Waals surface area contributed by atoms with Gasteiger partial charge in [-0.1, -0.05) is 0 Å². The molecule has 0 bridgehead atoms. The van der Waals surface area contributed by atoms with Crippen molar-refractivity contribution in [3.8, 4) is 0 Å². The largest absolute Gasteiger partial charge is 0.443 e. The van der Waals surface area contributed by atoms with Gasteiger partial charge in [0.15, 0.2) is 0 Å². The smallest absolute Gasteiger partial charge is 0.428 e. The lowest BCUT2D eigenvalue weighted by molar-refractivity contribution is -0.0515. The number of carbonyl (C=O) groups excluding carboxylic acids is 1.